The molecular formula is C17H33NO2. The number of carbonyl (C=O) groups is 2. The van der Waals surface area contributed by atoms with Crippen LogP contribution in [0.3, 0.4) is 0 Å². The van der Waals surface area contributed by atoms with Crippen molar-refractivity contribution in [2.45, 2.75) is 79.7 Å². The van der Waals surface area contributed by atoms with Crippen LogP contribution in [-0.4, -0.2) is 17.7 Å². The van der Waals surface area contributed by atoms with Gasteiger partial charge in [-0.25, -0.2) is 0 Å². The maximum atomic E-state index is 12.7. The molecule has 0 aromatic rings. The van der Waals surface area contributed by atoms with E-state index in [4.69, 9.17) is 0 Å². The van der Waals surface area contributed by atoms with Crippen LogP contribution in [0.25, 0.3) is 0 Å². The van der Waals surface area contributed by atoms with Gasteiger partial charge in [0.25, 0.3) is 0 Å². The highest BCUT2D eigenvalue weighted by atomic mass is 16.2. The second kappa shape index (κ2) is 6.28. The van der Waals surface area contributed by atoms with Crippen LogP contribution in [0.2, 0.25) is 0 Å². The Bertz CT molecular complexity index is 360. The Morgan fingerprint density at radius 2 is 1.45 bits per heavy atom. The second-order valence-corrected chi connectivity index (χ2v) is 8.21. The molecule has 1 fully saturated rings. The first kappa shape index (κ1) is 17.2. The number of hydrogen-bond acceptors (Lipinski definition) is 2. The molecule has 1 aliphatic carbocycles. The van der Waals surface area contributed by atoms with Crippen LogP contribution in [0.1, 0.15) is 75.1 Å². The zero-order chi connectivity index (χ0) is 15.6. The van der Waals surface area contributed by atoms with Crippen LogP contribution in [0.5, 0.6) is 0 Å². The Morgan fingerprint density at radius 3 is 1.85 bits per heavy atom. The SMILES string of the molecule is CC(C)(C)C(=O)NC(C(=O)C(C)(C)C)C1CCCCC1.[HH]. The lowest BCUT2D eigenvalue weighted by Crippen LogP contribution is -2.53. The first-order chi connectivity index (χ1) is 9.03. The molecule has 1 atom stereocenters. The van der Waals surface area contributed by atoms with Crippen LogP contribution in [-0.2, 0) is 9.59 Å². The quantitative estimate of drug-likeness (QED) is 0.852. The predicted octanol–water partition coefficient (Wildman–Crippen LogP) is 3.96. The van der Waals surface area contributed by atoms with Gasteiger partial charge in [0, 0.05) is 12.3 Å². The van der Waals surface area contributed by atoms with E-state index < -0.39 is 10.8 Å². The topological polar surface area (TPSA) is 46.2 Å². The molecule has 118 valence electrons. The first-order valence-electron chi connectivity index (χ1n) is 7.89. The lowest BCUT2D eigenvalue weighted by molar-refractivity contribution is -0.137. The molecule has 1 amide bonds. The maximum Gasteiger partial charge on any atom is 0.225 e. The summed E-state index contributed by atoms with van der Waals surface area (Å²) >= 11 is 0. The van der Waals surface area contributed by atoms with Gasteiger partial charge < -0.3 is 5.32 Å². The fourth-order valence-electron chi connectivity index (χ4n) is 2.69. The van der Waals surface area contributed by atoms with Gasteiger partial charge in [0.1, 0.15) is 0 Å². The monoisotopic (exact) mass is 283 g/mol. The lowest BCUT2D eigenvalue weighted by atomic mass is 9.75. The number of hydrogen-bond donors (Lipinski definition) is 1. The van der Waals surface area contributed by atoms with Crippen molar-refractivity contribution >= 4 is 11.7 Å². The van der Waals surface area contributed by atoms with Crippen molar-refractivity contribution < 1.29 is 11.0 Å². The normalized spacial score (nSPS) is 19.5. The highest BCUT2D eigenvalue weighted by Crippen LogP contribution is 2.31. The van der Waals surface area contributed by atoms with Crippen molar-refractivity contribution in [3.63, 3.8) is 0 Å². The molecule has 0 bridgehead atoms. The fraction of sp³-hybridized carbons (Fsp3) is 0.882. The van der Waals surface area contributed by atoms with E-state index in [9.17, 15) is 9.59 Å². The Morgan fingerprint density at radius 1 is 0.950 bits per heavy atom. The van der Waals surface area contributed by atoms with Crippen molar-refractivity contribution in [3.05, 3.63) is 0 Å². The Labute approximate surface area is 125 Å². The Hall–Kier alpha value is -0.860. The molecule has 1 rings (SSSR count). The largest absolute Gasteiger partial charge is 0.346 e. The molecular weight excluding hydrogens is 250 g/mol. The first-order valence-corrected chi connectivity index (χ1v) is 7.89. The van der Waals surface area contributed by atoms with Crippen LogP contribution >= 0.6 is 0 Å². The van der Waals surface area contributed by atoms with E-state index in [2.05, 4.69) is 5.32 Å². The minimum absolute atomic E-state index is 0. The van der Waals surface area contributed by atoms with Crippen LogP contribution in [0, 0.1) is 16.7 Å². The minimum Gasteiger partial charge on any atom is -0.346 e. The van der Waals surface area contributed by atoms with Gasteiger partial charge >= 0.3 is 0 Å². The van der Waals surface area contributed by atoms with Crippen molar-refractivity contribution in [1.82, 2.24) is 5.32 Å². The summed E-state index contributed by atoms with van der Waals surface area (Å²) < 4.78 is 0. The molecule has 0 saturated heterocycles. The molecule has 0 aliphatic heterocycles. The van der Waals surface area contributed by atoms with E-state index >= 15 is 0 Å². The molecule has 3 nitrogen and oxygen atoms in total. The minimum atomic E-state index is -0.453. The summed E-state index contributed by atoms with van der Waals surface area (Å²) in [6, 6.07) is -0.318. The highest BCUT2D eigenvalue weighted by molar-refractivity contribution is 5.93. The molecule has 0 aromatic carbocycles. The number of amides is 1. The summed E-state index contributed by atoms with van der Waals surface area (Å²) in [5, 5.41) is 3.04. The Balaban J connectivity index is 0.00000400. The van der Waals surface area contributed by atoms with Gasteiger partial charge in [0.05, 0.1) is 6.04 Å². The molecule has 1 N–H and O–H groups in total. The third-order valence-corrected chi connectivity index (χ3v) is 4.11. The molecule has 3 heteroatoms. The van der Waals surface area contributed by atoms with Gasteiger partial charge in [0.2, 0.25) is 5.91 Å². The average molecular weight is 283 g/mol. The summed E-state index contributed by atoms with van der Waals surface area (Å²) in [6.45, 7) is 11.5. The maximum absolute atomic E-state index is 12.7. The van der Waals surface area contributed by atoms with E-state index in [0.29, 0.717) is 5.92 Å². The molecule has 20 heavy (non-hydrogen) atoms. The summed E-state index contributed by atoms with van der Waals surface area (Å²) in [5.74, 6) is 0.453. The third kappa shape index (κ3) is 4.60. The smallest absolute Gasteiger partial charge is 0.225 e. The summed E-state index contributed by atoms with van der Waals surface area (Å²) in [6.07, 6.45) is 5.70. The van der Waals surface area contributed by atoms with E-state index in [1.54, 1.807) is 0 Å². The highest BCUT2D eigenvalue weighted by Gasteiger charge is 2.38. The molecule has 0 heterocycles. The molecule has 1 unspecified atom stereocenters. The number of nitrogens with one attached hydrogen (secondary N) is 1. The molecule has 0 aromatic heterocycles. The van der Waals surface area contributed by atoms with Gasteiger partial charge in [-0.15, -0.1) is 0 Å². The van der Waals surface area contributed by atoms with Gasteiger partial charge in [-0.3, -0.25) is 9.59 Å². The van der Waals surface area contributed by atoms with Gasteiger partial charge in [0.15, 0.2) is 5.78 Å². The lowest BCUT2D eigenvalue weighted by Gasteiger charge is -2.35. The van der Waals surface area contributed by atoms with Crippen molar-refractivity contribution in [2.75, 3.05) is 0 Å². The third-order valence-electron chi connectivity index (χ3n) is 4.11. The van der Waals surface area contributed by atoms with Gasteiger partial charge in [-0.05, 0) is 18.8 Å². The number of ketones is 1. The Kier molecular flexibility index (Phi) is 5.39. The zero-order valence-corrected chi connectivity index (χ0v) is 14.0. The molecule has 0 spiro atoms. The van der Waals surface area contributed by atoms with E-state index in [1.165, 1.54) is 19.3 Å². The number of rotatable bonds is 3. The van der Waals surface area contributed by atoms with Crippen molar-refractivity contribution in [2.24, 2.45) is 16.7 Å². The molecule has 1 saturated carbocycles. The molecule has 1 aliphatic rings. The summed E-state index contributed by atoms with van der Waals surface area (Å²) in [4.78, 5) is 25.0. The van der Waals surface area contributed by atoms with E-state index in [-0.39, 0.29) is 19.2 Å². The second-order valence-electron chi connectivity index (χ2n) is 8.21. The van der Waals surface area contributed by atoms with Gasteiger partial charge in [-0.2, -0.15) is 0 Å². The van der Waals surface area contributed by atoms with Crippen molar-refractivity contribution in [1.29, 1.82) is 0 Å². The number of Topliss-reactive ketones (excluding diaryl/α,β-unsaturated/α-hetero) is 1. The summed E-state index contributed by atoms with van der Waals surface area (Å²) in [5.41, 5.74) is -0.863. The van der Waals surface area contributed by atoms with Crippen molar-refractivity contribution in [3.8, 4) is 0 Å². The standard InChI is InChI=1S/C17H31NO2.H2/c1-16(2,3)14(19)13(12-10-8-7-9-11-12)18-15(20)17(4,5)6;/h12-13H,7-11H2,1-6H3,(H,18,20);1H. The number of carbonyl (C=O) groups excluding carboxylic acids is 2. The summed E-state index contributed by atoms with van der Waals surface area (Å²) in [7, 11) is 0. The fourth-order valence-corrected chi connectivity index (χ4v) is 2.69. The molecule has 0 radical (unpaired) electrons. The van der Waals surface area contributed by atoms with Crippen LogP contribution in [0.15, 0.2) is 0 Å². The average Bonchev–Trinajstić information content (AvgIpc) is 2.33. The van der Waals surface area contributed by atoms with E-state index in [0.717, 1.165) is 12.8 Å². The predicted molar refractivity (Wildman–Crippen MR) is 84.5 cm³/mol. The van der Waals surface area contributed by atoms with Crippen LogP contribution in [0.4, 0.5) is 0 Å². The zero-order valence-electron chi connectivity index (χ0n) is 14.0. The van der Waals surface area contributed by atoms with E-state index in [1.807, 2.05) is 41.5 Å². The van der Waals surface area contributed by atoms with Crippen LogP contribution < -0.4 is 5.32 Å². The van der Waals surface area contributed by atoms with Gasteiger partial charge in [-0.1, -0.05) is 60.8 Å².